The maximum absolute atomic E-state index is 13.3. The summed E-state index contributed by atoms with van der Waals surface area (Å²) < 4.78 is 8.34. The molecule has 2 N–H and O–H groups in total. The lowest BCUT2D eigenvalue weighted by atomic mass is 10.1. The normalized spacial score (nSPS) is 15.0. The number of anilines is 2. The summed E-state index contributed by atoms with van der Waals surface area (Å²) in [6.07, 6.45) is 3.21. The first kappa shape index (κ1) is 24.8. The molecule has 1 aromatic heterocycles. The third kappa shape index (κ3) is 5.68. The van der Waals surface area contributed by atoms with Gasteiger partial charge in [0.1, 0.15) is 11.0 Å². The van der Waals surface area contributed by atoms with E-state index in [1.807, 2.05) is 48.7 Å². The molecule has 0 spiro atoms. The highest BCUT2D eigenvalue weighted by atomic mass is 32.2. The van der Waals surface area contributed by atoms with E-state index >= 15 is 0 Å². The van der Waals surface area contributed by atoms with Gasteiger partial charge in [-0.25, -0.2) is 4.79 Å². The van der Waals surface area contributed by atoms with Gasteiger partial charge in [0.05, 0.1) is 12.2 Å². The average Bonchev–Trinajstić information content (AvgIpc) is 3.52. The smallest absolute Gasteiger partial charge is 0.341 e. The first-order chi connectivity index (χ1) is 17.0. The zero-order chi connectivity index (χ0) is 24.8. The molecule has 0 radical (unpaired) electrons. The van der Waals surface area contributed by atoms with E-state index in [0.29, 0.717) is 29.1 Å². The Balaban J connectivity index is 1.56. The molecule has 1 saturated heterocycles. The molecule has 4 rings (SSSR count). The zero-order valence-electron chi connectivity index (χ0n) is 19.6. The molecule has 7 nitrogen and oxygen atoms in total. The van der Waals surface area contributed by atoms with Gasteiger partial charge in [-0.05, 0) is 49.6 Å². The van der Waals surface area contributed by atoms with E-state index in [9.17, 15) is 14.4 Å². The lowest BCUT2D eigenvalue weighted by Gasteiger charge is -2.24. The van der Waals surface area contributed by atoms with Crippen molar-refractivity contribution in [1.29, 1.82) is 0 Å². The topological polar surface area (TPSA) is 87.7 Å². The number of likely N-dealkylation sites (tertiary alicyclic amines) is 1. The van der Waals surface area contributed by atoms with Crippen molar-refractivity contribution in [1.82, 2.24) is 4.90 Å². The number of rotatable bonds is 8. The van der Waals surface area contributed by atoms with Crippen molar-refractivity contribution >= 4 is 51.8 Å². The second-order valence-corrected chi connectivity index (χ2v) is 9.64. The number of nitrogens with one attached hydrogen (secondary N) is 2. The van der Waals surface area contributed by atoms with Crippen molar-refractivity contribution in [3.05, 3.63) is 71.8 Å². The number of carbonyl (C=O) groups excluding carboxylic acids is 3. The molecule has 0 bridgehead atoms. The van der Waals surface area contributed by atoms with Crippen LogP contribution in [0.15, 0.2) is 60.7 Å². The monoisotopic (exact) mass is 509 g/mol. The molecule has 1 unspecified atom stereocenters. The Morgan fingerprint density at radius 1 is 1.11 bits per heavy atom. The summed E-state index contributed by atoms with van der Waals surface area (Å²) in [4.78, 5) is 41.7. The Kier molecular flexibility index (Phi) is 8.09. The summed E-state index contributed by atoms with van der Waals surface area (Å²) in [5.41, 5.74) is 2.61. The molecule has 2 heterocycles. The van der Waals surface area contributed by atoms with Gasteiger partial charge in [0.2, 0.25) is 5.91 Å². The van der Waals surface area contributed by atoms with Crippen LogP contribution >= 0.6 is 23.3 Å². The molecular formula is C26H27N3O4S2. The molecule has 182 valence electrons. The van der Waals surface area contributed by atoms with Crippen LogP contribution < -0.4 is 10.0 Å². The summed E-state index contributed by atoms with van der Waals surface area (Å²) >= 11 is 2.77. The van der Waals surface area contributed by atoms with E-state index in [-0.39, 0.29) is 18.4 Å². The summed E-state index contributed by atoms with van der Waals surface area (Å²) in [7, 11) is 0. The van der Waals surface area contributed by atoms with Crippen molar-refractivity contribution in [2.45, 2.75) is 25.8 Å². The van der Waals surface area contributed by atoms with Crippen LogP contribution in [0.4, 0.5) is 10.7 Å². The maximum Gasteiger partial charge on any atom is 0.341 e. The molecule has 35 heavy (non-hydrogen) atoms. The standard InChI is InChI=1S/C26H27N3O4S2/c1-3-33-26(32)20-16-22(17-9-5-4-6-10-17)35-24(20)27-23(30)21-13-8-14-29(21)25(31)18-11-7-12-19(15-18)28-34-2/h4-7,9-12,15-16,21,28H,3,8,13-14H2,1-2H3,(H,27,30). The number of thiophene rings is 1. The molecular weight excluding hydrogens is 482 g/mol. The largest absolute Gasteiger partial charge is 0.462 e. The number of carbonyl (C=O) groups is 3. The Hall–Kier alpha value is -3.30. The van der Waals surface area contributed by atoms with Gasteiger partial charge in [-0.15, -0.1) is 11.3 Å². The minimum atomic E-state index is -0.614. The van der Waals surface area contributed by atoms with E-state index in [2.05, 4.69) is 10.0 Å². The Morgan fingerprint density at radius 3 is 2.66 bits per heavy atom. The van der Waals surface area contributed by atoms with E-state index in [0.717, 1.165) is 22.5 Å². The molecule has 0 saturated carbocycles. The molecule has 9 heteroatoms. The Labute approximate surface area is 213 Å². The number of amides is 2. The number of nitrogens with zero attached hydrogens (tertiary/aromatic N) is 1. The second kappa shape index (κ2) is 11.4. The third-order valence-corrected chi connectivity index (χ3v) is 7.21. The van der Waals surface area contributed by atoms with Crippen LogP contribution in [-0.2, 0) is 9.53 Å². The van der Waals surface area contributed by atoms with Crippen LogP contribution in [0.3, 0.4) is 0 Å². The molecule has 1 atom stereocenters. The predicted molar refractivity (Wildman–Crippen MR) is 142 cm³/mol. The lowest BCUT2D eigenvalue weighted by Crippen LogP contribution is -2.43. The highest BCUT2D eigenvalue weighted by Gasteiger charge is 2.35. The van der Waals surface area contributed by atoms with Gasteiger partial charge in [-0.1, -0.05) is 48.3 Å². The second-order valence-electron chi connectivity index (χ2n) is 7.97. The van der Waals surface area contributed by atoms with Crippen molar-refractivity contribution in [3.63, 3.8) is 0 Å². The van der Waals surface area contributed by atoms with Gasteiger partial charge >= 0.3 is 5.97 Å². The van der Waals surface area contributed by atoms with Crippen LogP contribution in [0.5, 0.6) is 0 Å². The summed E-state index contributed by atoms with van der Waals surface area (Å²) in [5, 5.41) is 3.35. The summed E-state index contributed by atoms with van der Waals surface area (Å²) in [5.74, 6) is -0.978. The molecule has 1 aliphatic heterocycles. The van der Waals surface area contributed by atoms with E-state index in [4.69, 9.17) is 4.74 Å². The van der Waals surface area contributed by atoms with Crippen LogP contribution in [-0.4, -0.2) is 48.1 Å². The van der Waals surface area contributed by atoms with E-state index in [1.165, 1.54) is 23.3 Å². The molecule has 2 aromatic carbocycles. The SMILES string of the molecule is CCOC(=O)c1cc(-c2ccccc2)sc1NC(=O)C1CCCN1C(=O)c1cccc(NSC)c1. The van der Waals surface area contributed by atoms with Crippen molar-refractivity contribution in [2.75, 3.05) is 29.4 Å². The molecule has 2 amide bonds. The van der Waals surface area contributed by atoms with E-state index in [1.54, 1.807) is 30.0 Å². The van der Waals surface area contributed by atoms with Gasteiger partial charge in [0.15, 0.2) is 0 Å². The Morgan fingerprint density at radius 2 is 1.91 bits per heavy atom. The molecule has 0 aliphatic carbocycles. The minimum Gasteiger partial charge on any atom is -0.462 e. The van der Waals surface area contributed by atoms with Crippen LogP contribution in [0.1, 0.15) is 40.5 Å². The predicted octanol–water partition coefficient (Wildman–Crippen LogP) is 5.53. The first-order valence-electron chi connectivity index (χ1n) is 11.4. The van der Waals surface area contributed by atoms with Crippen LogP contribution in [0.25, 0.3) is 10.4 Å². The van der Waals surface area contributed by atoms with Crippen LogP contribution in [0.2, 0.25) is 0 Å². The number of esters is 1. The third-order valence-electron chi connectivity index (χ3n) is 5.67. The highest BCUT2D eigenvalue weighted by molar-refractivity contribution is 7.99. The van der Waals surface area contributed by atoms with Gasteiger partial charge in [-0.3, -0.25) is 9.59 Å². The fraction of sp³-hybridized carbons (Fsp3) is 0.269. The number of ether oxygens (including phenoxy) is 1. The maximum atomic E-state index is 13.3. The summed E-state index contributed by atoms with van der Waals surface area (Å²) in [6.45, 7) is 2.48. The fourth-order valence-electron chi connectivity index (χ4n) is 4.07. The average molecular weight is 510 g/mol. The Bertz CT molecular complexity index is 1210. The number of benzene rings is 2. The highest BCUT2D eigenvalue weighted by Crippen LogP contribution is 2.36. The van der Waals surface area contributed by atoms with Crippen molar-refractivity contribution < 1.29 is 19.1 Å². The molecule has 1 fully saturated rings. The van der Waals surface area contributed by atoms with Gasteiger partial charge in [0.25, 0.3) is 5.91 Å². The molecule has 1 aliphatic rings. The van der Waals surface area contributed by atoms with Crippen molar-refractivity contribution in [2.24, 2.45) is 0 Å². The lowest BCUT2D eigenvalue weighted by molar-refractivity contribution is -0.119. The number of hydrogen-bond donors (Lipinski definition) is 2. The van der Waals surface area contributed by atoms with Crippen LogP contribution in [0, 0.1) is 0 Å². The van der Waals surface area contributed by atoms with Gasteiger partial charge in [0, 0.05) is 28.9 Å². The minimum absolute atomic E-state index is 0.186. The number of hydrogen-bond acceptors (Lipinski definition) is 7. The first-order valence-corrected chi connectivity index (χ1v) is 13.4. The summed E-state index contributed by atoms with van der Waals surface area (Å²) in [6, 6.07) is 18.0. The van der Waals surface area contributed by atoms with Crippen molar-refractivity contribution in [3.8, 4) is 10.4 Å². The zero-order valence-corrected chi connectivity index (χ0v) is 21.2. The molecule has 3 aromatic rings. The quantitative estimate of drug-likeness (QED) is 0.307. The van der Waals surface area contributed by atoms with Gasteiger partial charge in [-0.2, -0.15) is 0 Å². The van der Waals surface area contributed by atoms with Gasteiger partial charge < -0.3 is 19.7 Å². The van der Waals surface area contributed by atoms with E-state index < -0.39 is 12.0 Å². The fourth-order valence-corrected chi connectivity index (χ4v) is 5.48.